The van der Waals surface area contributed by atoms with Crippen LogP contribution in [0.25, 0.3) is 0 Å². The highest BCUT2D eigenvalue weighted by atomic mass is 16.4. The largest absolute Gasteiger partial charge is 0.481 e. The van der Waals surface area contributed by atoms with E-state index >= 15 is 0 Å². The van der Waals surface area contributed by atoms with Crippen molar-refractivity contribution in [2.75, 3.05) is 0 Å². The molecule has 46 valence electrons. The highest BCUT2D eigenvalue weighted by molar-refractivity contribution is 5.96. The monoisotopic (exact) mass is 117 g/mol. The van der Waals surface area contributed by atoms with Crippen LogP contribution in [-0.2, 0) is 4.79 Å². The molecule has 0 saturated heterocycles. The number of carbonyl (C=O) groups is 1. The minimum atomic E-state index is -0.986. The summed E-state index contributed by atoms with van der Waals surface area (Å²) in [6.45, 7) is 1.44. The van der Waals surface area contributed by atoms with E-state index in [0.717, 1.165) is 0 Å². The lowest BCUT2D eigenvalue weighted by Crippen LogP contribution is -2.01. The maximum Gasteiger partial charge on any atom is 0.309 e. The summed E-state index contributed by atoms with van der Waals surface area (Å²) in [5.41, 5.74) is 0.206. The van der Waals surface area contributed by atoms with E-state index in [1.165, 1.54) is 6.92 Å². The third-order valence-electron chi connectivity index (χ3n) is 0.578. The topological polar surface area (TPSA) is 69.9 Å². The minimum absolute atomic E-state index is 0.198. The molecule has 0 aliphatic heterocycles. The molecule has 0 amide bonds. The molecule has 0 aromatic heterocycles. The van der Waals surface area contributed by atoms with E-state index in [2.05, 4.69) is 5.16 Å². The van der Waals surface area contributed by atoms with Crippen LogP contribution in [0.1, 0.15) is 13.3 Å². The van der Waals surface area contributed by atoms with Crippen molar-refractivity contribution in [3.8, 4) is 0 Å². The van der Waals surface area contributed by atoms with Gasteiger partial charge in [-0.1, -0.05) is 5.16 Å². The summed E-state index contributed by atoms with van der Waals surface area (Å²) >= 11 is 0. The van der Waals surface area contributed by atoms with Crippen LogP contribution in [0.3, 0.4) is 0 Å². The molecule has 0 saturated carbocycles. The highest BCUT2D eigenvalue weighted by Gasteiger charge is 1.97. The number of hydrogen-bond donors (Lipinski definition) is 2. The summed E-state index contributed by atoms with van der Waals surface area (Å²) in [5, 5.41) is 18.6. The number of nitrogens with zero attached hydrogens (tertiary/aromatic N) is 1. The Labute approximate surface area is 46.4 Å². The van der Waals surface area contributed by atoms with E-state index in [1.54, 1.807) is 0 Å². The molecule has 0 atom stereocenters. The SMILES string of the molecule is CC(CC(=O)O)=NO. The first-order valence-electron chi connectivity index (χ1n) is 2.06. The third kappa shape index (κ3) is 3.14. The van der Waals surface area contributed by atoms with Crippen LogP contribution in [0, 0.1) is 0 Å². The average molecular weight is 117 g/mol. The number of hydrogen-bond acceptors (Lipinski definition) is 3. The highest BCUT2D eigenvalue weighted by Crippen LogP contribution is 1.82. The van der Waals surface area contributed by atoms with E-state index in [4.69, 9.17) is 10.3 Å². The molecule has 0 aliphatic carbocycles. The van der Waals surface area contributed by atoms with Gasteiger partial charge in [0.2, 0.25) is 0 Å². The number of oxime groups is 1. The molecule has 0 fully saturated rings. The fourth-order valence-corrected chi connectivity index (χ4v) is 0.254. The smallest absolute Gasteiger partial charge is 0.309 e. The van der Waals surface area contributed by atoms with Gasteiger partial charge in [0.15, 0.2) is 0 Å². The molecule has 0 unspecified atom stereocenters. The molecule has 0 aliphatic rings. The Balaban J connectivity index is 3.56. The summed E-state index contributed by atoms with van der Waals surface area (Å²) in [5.74, 6) is -0.986. The Kier molecular flexibility index (Phi) is 2.61. The second-order valence-electron chi connectivity index (χ2n) is 1.41. The van der Waals surface area contributed by atoms with Gasteiger partial charge in [-0.3, -0.25) is 4.79 Å². The first-order valence-corrected chi connectivity index (χ1v) is 2.06. The molecular weight excluding hydrogens is 110 g/mol. The predicted octanol–water partition coefficient (Wildman–Crippen LogP) is 0.311. The zero-order valence-corrected chi connectivity index (χ0v) is 4.46. The molecule has 4 nitrogen and oxygen atoms in total. The summed E-state index contributed by atoms with van der Waals surface area (Å²) < 4.78 is 0. The quantitative estimate of drug-likeness (QED) is 0.310. The molecule has 0 heterocycles. The standard InChI is InChI=1S/C4H7NO3/c1-3(5-8)2-4(6)7/h8H,2H2,1H3,(H,6,7). The van der Waals surface area contributed by atoms with Gasteiger partial charge in [0.25, 0.3) is 0 Å². The first kappa shape index (κ1) is 6.94. The molecule has 0 spiro atoms. The fourth-order valence-electron chi connectivity index (χ4n) is 0.254. The summed E-state index contributed by atoms with van der Waals surface area (Å²) in [6.07, 6.45) is -0.198. The van der Waals surface area contributed by atoms with Crippen LogP contribution in [0.2, 0.25) is 0 Å². The van der Waals surface area contributed by atoms with Gasteiger partial charge in [0.1, 0.15) is 0 Å². The van der Waals surface area contributed by atoms with Crippen molar-refractivity contribution in [3.05, 3.63) is 0 Å². The molecule has 0 bridgehead atoms. The number of carboxylic acids is 1. The van der Waals surface area contributed by atoms with Gasteiger partial charge in [0.05, 0.1) is 12.1 Å². The van der Waals surface area contributed by atoms with Gasteiger partial charge in [0, 0.05) is 0 Å². The lowest BCUT2D eigenvalue weighted by atomic mass is 10.3. The number of aliphatic carboxylic acids is 1. The van der Waals surface area contributed by atoms with E-state index in [0.29, 0.717) is 0 Å². The second kappa shape index (κ2) is 3.01. The first-order chi connectivity index (χ1) is 3.66. The van der Waals surface area contributed by atoms with E-state index in [-0.39, 0.29) is 12.1 Å². The van der Waals surface area contributed by atoms with Crippen LogP contribution < -0.4 is 0 Å². The average Bonchev–Trinajstić information content (AvgIpc) is 1.65. The third-order valence-corrected chi connectivity index (χ3v) is 0.578. The van der Waals surface area contributed by atoms with E-state index < -0.39 is 5.97 Å². The van der Waals surface area contributed by atoms with Gasteiger partial charge in [-0.2, -0.15) is 0 Å². The lowest BCUT2D eigenvalue weighted by Gasteiger charge is -1.87. The summed E-state index contributed by atoms with van der Waals surface area (Å²) in [4.78, 5) is 9.78. The maximum atomic E-state index is 9.78. The Morgan fingerprint density at radius 3 is 2.38 bits per heavy atom. The van der Waals surface area contributed by atoms with Crippen molar-refractivity contribution in [2.24, 2.45) is 5.16 Å². The van der Waals surface area contributed by atoms with Crippen molar-refractivity contribution in [3.63, 3.8) is 0 Å². The summed E-state index contributed by atoms with van der Waals surface area (Å²) in [7, 11) is 0. The number of rotatable bonds is 2. The van der Waals surface area contributed by atoms with Crippen LogP contribution in [0.5, 0.6) is 0 Å². The van der Waals surface area contributed by atoms with Gasteiger partial charge in [-0.05, 0) is 6.92 Å². The second-order valence-corrected chi connectivity index (χ2v) is 1.41. The van der Waals surface area contributed by atoms with Crippen LogP contribution in [-0.4, -0.2) is 22.0 Å². The van der Waals surface area contributed by atoms with Crippen LogP contribution in [0.4, 0.5) is 0 Å². The molecule has 0 aromatic carbocycles. The Morgan fingerprint density at radius 2 is 2.25 bits per heavy atom. The zero-order valence-electron chi connectivity index (χ0n) is 4.46. The fraction of sp³-hybridized carbons (Fsp3) is 0.500. The van der Waals surface area contributed by atoms with Crippen molar-refractivity contribution < 1.29 is 15.1 Å². The lowest BCUT2D eigenvalue weighted by molar-refractivity contribution is -0.135. The zero-order chi connectivity index (χ0) is 6.57. The van der Waals surface area contributed by atoms with E-state index in [9.17, 15) is 4.79 Å². The molecule has 0 radical (unpaired) electrons. The van der Waals surface area contributed by atoms with Crippen molar-refractivity contribution in [2.45, 2.75) is 13.3 Å². The number of carboxylic acid groups (broad SMARTS) is 1. The van der Waals surface area contributed by atoms with Gasteiger partial charge in [-0.25, -0.2) is 0 Å². The molecular formula is C4H7NO3. The molecule has 4 heteroatoms. The Bertz CT molecular complexity index is 118. The van der Waals surface area contributed by atoms with Gasteiger partial charge >= 0.3 is 5.97 Å². The van der Waals surface area contributed by atoms with Gasteiger partial charge in [-0.15, -0.1) is 0 Å². The van der Waals surface area contributed by atoms with Crippen molar-refractivity contribution in [1.29, 1.82) is 0 Å². The van der Waals surface area contributed by atoms with Crippen LogP contribution in [0.15, 0.2) is 5.16 Å². The van der Waals surface area contributed by atoms with E-state index in [1.807, 2.05) is 0 Å². The van der Waals surface area contributed by atoms with Crippen molar-refractivity contribution >= 4 is 11.7 Å². The Hall–Kier alpha value is -1.06. The predicted molar refractivity (Wildman–Crippen MR) is 27.1 cm³/mol. The maximum absolute atomic E-state index is 9.78. The summed E-state index contributed by atoms with van der Waals surface area (Å²) in [6, 6.07) is 0. The minimum Gasteiger partial charge on any atom is -0.481 e. The molecule has 8 heavy (non-hydrogen) atoms. The van der Waals surface area contributed by atoms with Crippen molar-refractivity contribution in [1.82, 2.24) is 0 Å². The normalized spacial score (nSPS) is 11.4. The molecule has 0 rings (SSSR count). The molecule has 0 aromatic rings. The molecule has 2 N–H and O–H groups in total. The van der Waals surface area contributed by atoms with Crippen LogP contribution >= 0.6 is 0 Å². The Morgan fingerprint density at radius 1 is 1.75 bits per heavy atom. The van der Waals surface area contributed by atoms with Gasteiger partial charge < -0.3 is 10.3 Å².